The van der Waals surface area contributed by atoms with Crippen LogP contribution in [-0.4, -0.2) is 21.2 Å². The van der Waals surface area contributed by atoms with Gasteiger partial charge in [-0.25, -0.2) is 4.39 Å². The first kappa shape index (κ1) is 19.2. The van der Waals surface area contributed by atoms with Gasteiger partial charge in [0.15, 0.2) is 0 Å². The molecule has 0 aliphatic carbocycles. The fraction of sp³-hybridized carbons (Fsp3) is 0.0588. The van der Waals surface area contributed by atoms with Gasteiger partial charge >= 0.3 is 0 Å². The van der Waals surface area contributed by atoms with Gasteiger partial charge in [0, 0.05) is 20.6 Å². The lowest BCUT2D eigenvalue weighted by Crippen LogP contribution is -2.28. The smallest absolute Gasteiger partial charge is 0.293 e. The van der Waals surface area contributed by atoms with Crippen LogP contribution in [0.1, 0.15) is 11.1 Å². The number of carbonyl (C=O) groups excluding carboxylic acids is 2. The molecule has 134 valence electrons. The first-order valence-electron chi connectivity index (χ1n) is 7.14. The van der Waals surface area contributed by atoms with Gasteiger partial charge in [-0.2, -0.15) is 0 Å². The molecule has 1 N–H and O–H groups in total. The Bertz CT molecular complexity index is 947. The highest BCUT2D eigenvalue weighted by atomic mass is 79.9. The number of aromatic hydroxyl groups is 1. The number of phenolic OH excluding ortho intramolecular Hbond substituents is 1. The Labute approximate surface area is 170 Å². The number of phenols is 1. The molecule has 3 rings (SSSR count). The maximum absolute atomic E-state index is 13.9. The average Bonchev–Trinajstić information content (AvgIpc) is 2.82. The highest BCUT2D eigenvalue weighted by molar-refractivity contribution is 9.10. The Morgan fingerprint density at radius 3 is 2.65 bits per heavy atom. The summed E-state index contributed by atoms with van der Waals surface area (Å²) in [7, 11) is 0. The van der Waals surface area contributed by atoms with E-state index < -0.39 is 17.0 Å². The van der Waals surface area contributed by atoms with Crippen LogP contribution in [0.5, 0.6) is 5.75 Å². The number of imide groups is 1. The second kappa shape index (κ2) is 7.60. The Kier molecular flexibility index (Phi) is 5.62. The molecule has 26 heavy (non-hydrogen) atoms. The molecule has 1 fully saturated rings. The molecule has 1 saturated heterocycles. The van der Waals surface area contributed by atoms with Crippen molar-refractivity contribution in [2.24, 2.45) is 0 Å². The van der Waals surface area contributed by atoms with Crippen LogP contribution in [0, 0.1) is 5.82 Å². The van der Waals surface area contributed by atoms with E-state index in [2.05, 4.69) is 15.9 Å². The molecule has 9 heteroatoms. The summed E-state index contributed by atoms with van der Waals surface area (Å²) in [5.41, 5.74) is 0.338. The summed E-state index contributed by atoms with van der Waals surface area (Å²) in [6.07, 6.45) is 1.36. The van der Waals surface area contributed by atoms with Crippen LogP contribution in [0.4, 0.5) is 9.18 Å². The molecular weight excluding hydrogens is 468 g/mol. The van der Waals surface area contributed by atoms with Crippen molar-refractivity contribution in [2.75, 3.05) is 0 Å². The molecule has 2 amide bonds. The molecule has 0 bridgehead atoms. The van der Waals surface area contributed by atoms with Gasteiger partial charge in [-0.1, -0.05) is 45.2 Å². The zero-order chi connectivity index (χ0) is 19.0. The van der Waals surface area contributed by atoms with Gasteiger partial charge in [0.2, 0.25) is 0 Å². The summed E-state index contributed by atoms with van der Waals surface area (Å²) in [5, 5.41) is 9.70. The molecule has 4 nitrogen and oxygen atoms in total. The van der Waals surface area contributed by atoms with Crippen LogP contribution < -0.4 is 0 Å². The van der Waals surface area contributed by atoms with Gasteiger partial charge in [0.1, 0.15) is 11.6 Å². The fourth-order valence-corrected chi connectivity index (χ4v) is 4.20. The summed E-state index contributed by atoms with van der Waals surface area (Å²) in [4.78, 5) is 25.7. The third kappa shape index (κ3) is 3.76. The predicted octanol–water partition coefficient (Wildman–Crippen LogP) is 5.84. The first-order chi connectivity index (χ1) is 12.3. The molecule has 0 aromatic heterocycles. The van der Waals surface area contributed by atoms with Gasteiger partial charge in [-0.15, -0.1) is 0 Å². The third-order valence-electron chi connectivity index (χ3n) is 3.60. The minimum atomic E-state index is -0.602. The summed E-state index contributed by atoms with van der Waals surface area (Å²) in [6.45, 7) is -0.279. The largest absolute Gasteiger partial charge is 0.506 e. The molecule has 2 aromatic carbocycles. The van der Waals surface area contributed by atoms with Crippen molar-refractivity contribution < 1.29 is 19.1 Å². The molecule has 0 saturated carbocycles. The molecule has 0 radical (unpaired) electrons. The average molecular weight is 477 g/mol. The van der Waals surface area contributed by atoms with Gasteiger partial charge < -0.3 is 5.11 Å². The summed E-state index contributed by atoms with van der Waals surface area (Å²) in [6, 6.07) is 7.19. The minimum Gasteiger partial charge on any atom is -0.506 e. The van der Waals surface area contributed by atoms with Crippen molar-refractivity contribution in [1.82, 2.24) is 4.90 Å². The van der Waals surface area contributed by atoms with Crippen LogP contribution in [-0.2, 0) is 11.3 Å². The van der Waals surface area contributed by atoms with Crippen LogP contribution in [0.25, 0.3) is 6.08 Å². The van der Waals surface area contributed by atoms with Crippen molar-refractivity contribution in [3.05, 3.63) is 66.7 Å². The lowest BCUT2D eigenvalue weighted by Gasteiger charge is -2.14. The summed E-state index contributed by atoms with van der Waals surface area (Å²) >= 11 is 15.8. The Hall–Kier alpha value is -1.54. The number of amides is 2. The van der Waals surface area contributed by atoms with E-state index in [1.165, 1.54) is 30.3 Å². The van der Waals surface area contributed by atoms with E-state index in [4.69, 9.17) is 23.2 Å². The minimum absolute atomic E-state index is 0.0612. The maximum atomic E-state index is 13.9. The molecule has 1 heterocycles. The van der Waals surface area contributed by atoms with Crippen molar-refractivity contribution in [3.63, 3.8) is 0 Å². The van der Waals surface area contributed by atoms with E-state index >= 15 is 0 Å². The monoisotopic (exact) mass is 475 g/mol. The summed E-state index contributed by atoms with van der Waals surface area (Å²) in [5.74, 6) is -1.41. The van der Waals surface area contributed by atoms with Crippen LogP contribution in [0.15, 0.2) is 39.7 Å². The third-order valence-corrected chi connectivity index (χ3v) is 5.60. The topological polar surface area (TPSA) is 57.6 Å². The van der Waals surface area contributed by atoms with E-state index in [1.54, 1.807) is 6.07 Å². The predicted molar refractivity (Wildman–Crippen MR) is 104 cm³/mol. The number of halogens is 4. The van der Waals surface area contributed by atoms with Crippen LogP contribution >= 0.6 is 50.9 Å². The number of hydrogen-bond donors (Lipinski definition) is 1. The molecule has 0 atom stereocenters. The molecular formula is C17H9BrCl2FNO3S. The number of hydrogen-bond acceptors (Lipinski definition) is 4. The summed E-state index contributed by atoms with van der Waals surface area (Å²) < 4.78 is 14.5. The fourth-order valence-electron chi connectivity index (χ4n) is 2.31. The molecule has 2 aromatic rings. The second-order valence-corrected chi connectivity index (χ2v) is 8.02. The van der Waals surface area contributed by atoms with Gasteiger partial charge in [0.25, 0.3) is 11.1 Å². The van der Waals surface area contributed by atoms with Crippen molar-refractivity contribution in [3.8, 4) is 5.75 Å². The highest BCUT2D eigenvalue weighted by Gasteiger charge is 2.36. The first-order valence-corrected chi connectivity index (χ1v) is 9.50. The SMILES string of the molecule is O=C1S/C(=C\c2cc(Br)cc(Cl)c2O)C(=O)N1Cc1c(F)cccc1Cl. The van der Waals surface area contributed by atoms with E-state index in [1.807, 2.05) is 0 Å². The molecule has 1 aliphatic heterocycles. The Morgan fingerprint density at radius 1 is 1.23 bits per heavy atom. The van der Waals surface area contributed by atoms with Crippen LogP contribution in [0.3, 0.4) is 0 Å². The number of thioether (sulfide) groups is 1. The van der Waals surface area contributed by atoms with Gasteiger partial charge in [-0.3, -0.25) is 14.5 Å². The van der Waals surface area contributed by atoms with E-state index in [0.29, 0.717) is 16.2 Å². The molecule has 0 spiro atoms. The zero-order valence-electron chi connectivity index (χ0n) is 12.8. The van der Waals surface area contributed by atoms with Crippen molar-refractivity contribution in [2.45, 2.75) is 6.54 Å². The number of carbonyl (C=O) groups is 2. The zero-order valence-corrected chi connectivity index (χ0v) is 16.7. The van der Waals surface area contributed by atoms with Crippen molar-refractivity contribution in [1.29, 1.82) is 0 Å². The molecule has 0 unspecified atom stereocenters. The maximum Gasteiger partial charge on any atom is 0.293 e. The normalized spacial score (nSPS) is 16.0. The van der Waals surface area contributed by atoms with E-state index in [0.717, 1.165) is 4.90 Å². The number of rotatable bonds is 3. The Morgan fingerprint density at radius 2 is 1.96 bits per heavy atom. The lowest BCUT2D eigenvalue weighted by atomic mass is 10.1. The Balaban J connectivity index is 1.92. The van der Waals surface area contributed by atoms with Gasteiger partial charge in [-0.05, 0) is 42.1 Å². The lowest BCUT2D eigenvalue weighted by molar-refractivity contribution is -0.123. The second-order valence-electron chi connectivity index (χ2n) is 5.29. The highest BCUT2D eigenvalue weighted by Crippen LogP contribution is 2.38. The van der Waals surface area contributed by atoms with Crippen molar-refractivity contribution >= 4 is 68.1 Å². The number of nitrogens with zero attached hydrogens (tertiary/aromatic N) is 1. The quantitative estimate of drug-likeness (QED) is 0.565. The van der Waals surface area contributed by atoms with E-state index in [9.17, 15) is 19.1 Å². The standard InChI is InChI=1S/C17H9BrCl2FNO3S/c18-9-4-8(15(23)12(20)6-9)5-14-16(24)22(17(25)26-14)7-10-11(19)2-1-3-13(10)21/h1-6,23H,7H2/b14-5-. The van der Waals surface area contributed by atoms with Gasteiger partial charge in [0.05, 0.1) is 16.5 Å². The molecule has 1 aliphatic rings. The number of benzene rings is 2. The van der Waals surface area contributed by atoms with E-state index in [-0.39, 0.29) is 38.4 Å². The van der Waals surface area contributed by atoms with Crippen LogP contribution in [0.2, 0.25) is 10.0 Å².